The molecule has 0 saturated carbocycles. The maximum Gasteiger partial charge on any atom is 0.236 e. The summed E-state index contributed by atoms with van der Waals surface area (Å²) in [6.07, 6.45) is 0. The number of hydrogen-bond donors (Lipinski definition) is 1. The summed E-state index contributed by atoms with van der Waals surface area (Å²) in [5, 5.41) is 19.6. The van der Waals surface area contributed by atoms with Gasteiger partial charge in [-0.25, -0.2) is 0 Å². The van der Waals surface area contributed by atoms with E-state index in [-0.39, 0.29) is 11.7 Å². The summed E-state index contributed by atoms with van der Waals surface area (Å²) in [7, 11) is 1.87. The number of anilines is 1. The largest absolute Gasteiger partial charge is 0.305 e. The molecule has 0 spiro atoms. The fourth-order valence-electron chi connectivity index (χ4n) is 1.83. The number of benzene rings is 1. The molecule has 7 nitrogen and oxygen atoms in total. The van der Waals surface area contributed by atoms with Crippen LogP contribution in [-0.2, 0) is 11.8 Å². The molecule has 118 valence electrons. The number of nitrogens with zero attached hydrogens (tertiary/aromatic N) is 5. The van der Waals surface area contributed by atoms with Gasteiger partial charge in [-0.15, -0.1) is 20.4 Å². The van der Waals surface area contributed by atoms with Gasteiger partial charge < -0.3 is 4.57 Å². The number of nitrogens with one attached hydrogen (secondary N) is 1. The summed E-state index contributed by atoms with van der Waals surface area (Å²) >= 11 is 6.10. The maximum absolute atomic E-state index is 11.9. The number of aromatic nitrogens is 5. The van der Waals surface area contributed by atoms with Gasteiger partial charge in [0.05, 0.1) is 5.75 Å². The van der Waals surface area contributed by atoms with Gasteiger partial charge in [0.15, 0.2) is 11.0 Å². The predicted molar refractivity (Wildman–Crippen MR) is 93.4 cm³/mol. The van der Waals surface area contributed by atoms with E-state index in [0.717, 1.165) is 15.9 Å². The molecule has 0 saturated heterocycles. The zero-order chi connectivity index (χ0) is 16.2. The van der Waals surface area contributed by atoms with E-state index in [1.165, 1.54) is 23.1 Å². The first-order valence-electron chi connectivity index (χ1n) is 6.48. The van der Waals surface area contributed by atoms with Crippen LogP contribution in [0.3, 0.4) is 0 Å². The van der Waals surface area contributed by atoms with Crippen LogP contribution in [0.15, 0.2) is 39.4 Å². The topological polar surface area (TPSA) is 85.6 Å². The SMILES string of the molecule is Cn1c(SCC(=O)Nc2nncs2)nnc1-c1ccccc1Br. The Bertz CT molecular complexity index is 820. The van der Waals surface area contributed by atoms with E-state index in [2.05, 4.69) is 41.6 Å². The minimum Gasteiger partial charge on any atom is -0.305 e. The highest BCUT2D eigenvalue weighted by Gasteiger charge is 2.15. The lowest BCUT2D eigenvalue weighted by atomic mass is 10.2. The van der Waals surface area contributed by atoms with Gasteiger partial charge in [0.2, 0.25) is 11.0 Å². The zero-order valence-corrected chi connectivity index (χ0v) is 15.2. The number of carbonyl (C=O) groups excluding carboxylic acids is 1. The average molecular weight is 411 g/mol. The Hall–Kier alpha value is -1.78. The van der Waals surface area contributed by atoms with Crippen LogP contribution < -0.4 is 5.32 Å². The van der Waals surface area contributed by atoms with Gasteiger partial charge in [0.1, 0.15) is 5.51 Å². The molecule has 1 N–H and O–H groups in total. The van der Waals surface area contributed by atoms with Crippen LogP contribution >= 0.6 is 39.0 Å². The van der Waals surface area contributed by atoms with Crippen molar-refractivity contribution in [1.82, 2.24) is 25.0 Å². The molecule has 3 rings (SSSR count). The van der Waals surface area contributed by atoms with Crippen molar-refractivity contribution in [3.05, 3.63) is 34.2 Å². The van der Waals surface area contributed by atoms with Gasteiger partial charge in [0, 0.05) is 17.1 Å². The van der Waals surface area contributed by atoms with Crippen LogP contribution in [0.2, 0.25) is 0 Å². The molecule has 0 radical (unpaired) electrons. The summed E-state index contributed by atoms with van der Waals surface area (Å²) in [4.78, 5) is 11.9. The fourth-order valence-corrected chi connectivity index (χ4v) is 3.46. The first kappa shape index (κ1) is 16.1. The third kappa shape index (κ3) is 3.77. The standard InChI is InChI=1S/C13H11BrN6OS2/c1-20-11(8-4-2-3-5-9(8)14)17-19-13(20)22-6-10(21)16-12-18-15-7-23-12/h2-5,7H,6H2,1H3,(H,16,18,21). The Morgan fingerprint density at radius 1 is 1.35 bits per heavy atom. The van der Waals surface area contributed by atoms with Gasteiger partial charge in [-0.1, -0.05) is 57.2 Å². The van der Waals surface area contributed by atoms with Gasteiger partial charge in [0.25, 0.3) is 0 Å². The van der Waals surface area contributed by atoms with E-state index in [9.17, 15) is 4.79 Å². The zero-order valence-electron chi connectivity index (χ0n) is 11.9. The molecule has 0 atom stereocenters. The van der Waals surface area contributed by atoms with Crippen molar-refractivity contribution in [1.29, 1.82) is 0 Å². The molecule has 1 amide bonds. The minimum absolute atomic E-state index is 0.155. The predicted octanol–water partition coefficient (Wildman–Crippen LogP) is 2.83. The van der Waals surface area contributed by atoms with Crippen LogP contribution in [0.1, 0.15) is 0 Å². The van der Waals surface area contributed by atoms with Crippen molar-refractivity contribution in [2.45, 2.75) is 5.16 Å². The molecular formula is C13H11BrN6OS2. The molecule has 1 aromatic carbocycles. The molecule has 0 bridgehead atoms. The third-order valence-corrected chi connectivity index (χ3v) is 5.21. The molecule has 0 aliphatic carbocycles. The highest BCUT2D eigenvalue weighted by molar-refractivity contribution is 9.10. The molecule has 2 aromatic heterocycles. The van der Waals surface area contributed by atoms with Crippen molar-refractivity contribution >= 4 is 50.1 Å². The Kier molecular flexibility index (Phi) is 5.03. The lowest BCUT2D eigenvalue weighted by Gasteiger charge is -2.05. The Balaban J connectivity index is 1.68. The first-order chi connectivity index (χ1) is 11.1. The summed E-state index contributed by atoms with van der Waals surface area (Å²) in [5.41, 5.74) is 2.52. The second-order valence-corrected chi connectivity index (χ2v) is 7.06. The maximum atomic E-state index is 11.9. The van der Waals surface area contributed by atoms with Gasteiger partial charge in [-0.2, -0.15) is 0 Å². The van der Waals surface area contributed by atoms with Crippen LogP contribution in [0.5, 0.6) is 0 Å². The number of halogens is 1. The third-order valence-electron chi connectivity index (χ3n) is 2.89. The van der Waals surface area contributed by atoms with Crippen molar-refractivity contribution in [2.24, 2.45) is 7.05 Å². The number of carbonyl (C=O) groups is 1. The van der Waals surface area contributed by atoms with Crippen LogP contribution in [0.25, 0.3) is 11.4 Å². The molecule has 0 unspecified atom stereocenters. The monoisotopic (exact) mass is 410 g/mol. The summed E-state index contributed by atoms with van der Waals surface area (Å²) < 4.78 is 2.81. The fraction of sp³-hybridized carbons (Fsp3) is 0.154. The van der Waals surface area contributed by atoms with Crippen molar-refractivity contribution < 1.29 is 4.79 Å². The lowest BCUT2D eigenvalue weighted by Crippen LogP contribution is -2.14. The highest BCUT2D eigenvalue weighted by Crippen LogP contribution is 2.28. The van der Waals surface area contributed by atoms with E-state index < -0.39 is 0 Å². The smallest absolute Gasteiger partial charge is 0.236 e. The van der Waals surface area contributed by atoms with E-state index >= 15 is 0 Å². The Morgan fingerprint density at radius 2 is 2.17 bits per heavy atom. The number of rotatable bonds is 5. The van der Waals surface area contributed by atoms with E-state index in [0.29, 0.717) is 10.3 Å². The summed E-state index contributed by atoms with van der Waals surface area (Å²) in [6, 6.07) is 7.80. The van der Waals surface area contributed by atoms with Gasteiger partial charge in [-0.3, -0.25) is 10.1 Å². The molecule has 23 heavy (non-hydrogen) atoms. The number of amides is 1. The summed E-state index contributed by atoms with van der Waals surface area (Å²) in [6.45, 7) is 0. The lowest BCUT2D eigenvalue weighted by molar-refractivity contribution is -0.113. The van der Waals surface area contributed by atoms with Crippen LogP contribution in [0, 0.1) is 0 Å². The molecule has 0 fully saturated rings. The normalized spacial score (nSPS) is 10.7. The van der Waals surface area contributed by atoms with Gasteiger partial charge in [-0.05, 0) is 6.07 Å². The Morgan fingerprint density at radius 3 is 2.91 bits per heavy atom. The van der Waals surface area contributed by atoms with E-state index in [4.69, 9.17) is 0 Å². The molecule has 10 heteroatoms. The van der Waals surface area contributed by atoms with Crippen LogP contribution in [0.4, 0.5) is 5.13 Å². The summed E-state index contributed by atoms with van der Waals surface area (Å²) in [5.74, 6) is 0.809. The van der Waals surface area contributed by atoms with E-state index in [1.807, 2.05) is 35.9 Å². The van der Waals surface area contributed by atoms with Crippen molar-refractivity contribution in [2.75, 3.05) is 11.1 Å². The Labute approximate surface area is 148 Å². The highest BCUT2D eigenvalue weighted by atomic mass is 79.9. The molecule has 0 aliphatic heterocycles. The second kappa shape index (κ2) is 7.20. The molecule has 3 aromatic rings. The minimum atomic E-state index is -0.155. The van der Waals surface area contributed by atoms with Crippen molar-refractivity contribution in [3.8, 4) is 11.4 Å². The molecular weight excluding hydrogens is 400 g/mol. The van der Waals surface area contributed by atoms with Crippen LogP contribution in [-0.4, -0.2) is 36.6 Å². The quantitative estimate of drug-likeness (QED) is 0.650. The first-order valence-corrected chi connectivity index (χ1v) is 9.14. The number of thioether (sulfide) groups is 1. The number of hydrogen-bond acceptors (Lipinski definition) is 7. The van der Waals surface area contributed by atoms with E-state index in [1.54, 1.807) is 5.51 Å². The van der Waals surface area contributed by atoms with Crippen molar-refractivity contribution in [3.63, 3.8) is 0 Å². The second-order valence-electron chi connectivity index (χ2n) is 4.43. The molecule has 0 aliphatic rings. The average Bonchev–Trinajstić information content (AvgIpc) is 3.16. The van der Waals surface area contributed by atoms with Gasteiger partial charge >= 0.3 is 0 Å². The molecule has 2 heterocycles.